The molecule has 0 aliphatic rings. The standard InChI is InChI=1S/C75H134O6/c1-4-7-10-13-16-19-22-25-28-30-32-33-34-35-36-37-38-39-40-41-42-43-45-47-50-53-56-59-62-65-68-74(77)80-71-72(70-79-73(76)67-64-61-58-55-52-49-46-27-24-21-18-15-12-9-6-3)81-75(78)69-66-63-60-57-54-51-48-44-31-29-26-23-20-17-14-11-8-5-2/h9,12,18,20-21,23,27,29,31,46,52,55,72H,4-8,10-11,13-17,19,22,24-26,28,30,32-45,47-51,53-54,56-71H2,1-3H3/b12-9-,21-18-,23-20-,31-29-,46-27-,55-52-. The molecular weight excluding hydrogens is 997 g/mol. The summed E-state index contributed by atoms with van der Waals surface area (Å²) in [5.74, 6) is -0.922. The molecular formula is C75H134O6. The van der Waals surface area contributed by atoms with Crippen molar-refractivity contribution in [1.82, 2.24) is 0 Å². The third-order valence-electron chi connectivity index (χ3n) is 15.7. The van der Waals surface area contributed by atoms with Gasteiger partial charge in [-0.1, -0.05) is 331 Å². The average Bonchev–Trinajstić information content (AvgIpc) is 3.47. The van der Waals surface area contributed by atoms with Gasteiger partial charge < -0.3 is 14.2 Å². The number of ether oxygens (including phenoxy) is 3. The molecule has 0 spiro atoms. The highest BCUT2D eigenvalue weighted by Gasteiger charge is 2.19. The lowest BCUT2D eigenvalue weighted by Gasteiger charge is -2.18. The van der Waals surface area contributed by atoms with Gasteiger partial charge in [-0.3, -0.25) is 14.4 Å². The number of esters is 3. The molecule has 0 heterocycles. The predicted octanol–water partition coefficient (Wildman–Crippen LogP) is 24.4. The van der Waals surface area contributed by atoms with Crippen LogP contribution < -0.4 is 0 Å². The van der Waals surface area contributed by atoms with E-state index in [4.69, 9.17) is 14.2 Å². The molecule has 0 aromatic rings. The number of unbranched alkanes of at least 4 members (excludes halogenated alkanes) is 42. The SMILES string of the molecule is CC/C=C\C/C=C\C/C=C\C/C=C\CCCCC(=O)OCC(COC(=O)CCCCCCCCCCCCCCCCCCCCCCCCCCCCCCCC)OC(=O)CCCCCCCCC/C=C\C/C=C\CCCCCC. The largest absolute Gasteiger partial charge is 0.462 e. The summed E-state index contributed by atoms with van der Waals surface area (Å²) in [5, 5.41) is 0. The molecule has 0 N–H and O–H groups in total. The zero-order valence-electron chi connectivity index (χ0n) is 54.1. The summed E-state index contributed by atoms with van der Waals surface area (Å²) < 4.78 is 16.9. The van der Waals surface area contributed by atoms with Crippen molar-refractivity contribution in [2.75, 3.05) is 13.2 Å². The van der Waals surface area contributed by atoms with Gasteiger partial charge in [0.25, 0.3) is 0 Å². The summed E-state index contributed by atoms with van der Waals surface area (Å²) in [4.78, 5) is 38.4. The van der Waals surface area contributed by atoms with Gasteiger partial charge in [0.1, 0.15) is 13.2 Å². The van der Waals surface area contributed by atoms with Crippen LogP contribution in [0, 0.1) is 0 Å². The lowest BCUT2D eigenvalue weighted by molar-refractivity contribution is -0.167. The molecule has 0 saturated carbocycles. The second-order valence-corrected chi connectivity index (χ2v) is 23.8. The van der Waals surface area contributed by atoms with Gasteiger partial charge in [-0.2, -0.15) is 0 Å². The van der Waals surface area contributed by atoms with Crippen molar-refractivity contribution in [2.45, 2.75) is 374 Å². The highest BCUT2D eigenvalue weighted by atomic mass is 16.6. The molecule has 0 radical (unpaired) electrons. The molecule has 470 valence electrons. The molecule has 0 amide bonds. The van der Waals surface area contributed by atoms with Crippen molar-refractivity contribution in [2.24, 2.45) is 0 Å². The predicted molar refractivity (Wildman–Crippen MR) is 353 cm³/mol. The minimum Gasteiger partial charge on any atom is -0.462 e. The summed E-state index contributed by atoms with van der Waals surface area (Å²) in [6, 6.07) is 0. The first kappa shape index (κ1) is 77.9. The van der Waals surface area contributed by atoms with Crippen LogP contribution in [0.2, 0.25) is 0 Å². The Labute approximate surface area is 503 Å². The Morgan fingerprint density at radius 1 is 0.259 bits per heavy atom. The van der Waals surface area contributed by atoms with Crippen LogP contribution in [0.4, 0.5) is 0 Å². The maximum Gasteiger partial charge on any atom is 0.306 e. The maximum absolute atomic E-state index is 12.9. The minimum atomic E-state index is -0.797. The van der Waals surface area contributed by atoms with Crippen molar-refractivity contribution < 1.29 is 28.6 Å². The van der Waals surface area contributed by atoms with E-state index in [1.54, 1.807) is 0 Å². The van der Waals surface area contributed by atoms with Gasteiger partial charge in [0, 0.05) is 19.3 Å². The van der Waals surface area contributed by atoms with Crippen LogP contribution in [0.3, 0.4) is 0 Å². The number of rotatable bonds is 65. The molecule has 0 aliphatic heterocycles. The highest BCUT2D eigenvalue weighted by molar-refractivity contribution is 5.71. The maximum atomic E-state index is 12.9. The van der Waals surface area contributed by atoms with Crippen LogP contribution in [-0.4, -0.2) is 37.2 Å². The lowest BCUT2D eigenvalue weighted by atomic mass is 10.0. The minimum absolute atomic E-state index is 0.0890. The zero-order chi connectivity index (χ0) is 58.5. The van der Waals surface area contributed by atoms with Crippen LogP contribution in [0.15, 0.2) is 72.9 Å². The van der Waals surface area contributed by atoms with E-state index in [0.717, 1.165) is 96.3 Å². The van der Waals surface area contributed by atoms with Crippen LogP contribution in [0.25, 0.3) is 0 Å². The first-order valence-electron chi connectivity index (χ1n) is 35.4. The van der Waals surface area contributed by atoms with E-state index < -0.39 is 6.10 Å². The molecule has 0 aromatic heterocycles. The van der Waals surface area contributed by atoms with Gasteiger partial charge in [-0.05, 0) is 89.9 Å². The fraction of sp³-hybridized carbons (Fsp3) is 0.800. The van der Waals surface area contributed by atoms with E-state index >= 15 is 0 Å². The van der Waals surface area contributed by atoms with Crippen molar-refractivity contribution in [3.8, 4) is 0 Å². The molecule has 6 nitrogen and oxygen atoms in total. The number of hydrogen-bond donors (Lipinski definition) is 0. The lowest BCUT2D eigenvalue weighted by Crippen LogP contribution is -2.30. The summed E-state index contributed by atoms with van der Waals surface area (Å²) in [6.07, 6.45) is 90.9. The van der Waals surface area contributed by atoms with E-state index in [-0.39, 0.29) is 31.1 Å². The second kappa shape index (κ2) is 69.3. The first-order valence-corrected chi connectivity index (χ1v) is 35.4. The molecule has 0 fully saturated rings. The van der Waals surface area contributed by atoms with Gasteiger partial charge in [0.15, 0.2) is 6.10 Å². The summed E-state index contributed by atoms with van der Waals surface area (Å²) in [6.45, 7) is 6.52. The number of hydrogen-bond acceptors (Lipinski definition) is 6. The summed E-state index contributed by atoms with van der Waals surface area (Å²) in [7, 11) is 0. The van der Waals surface area contributed by atoms with Gasteiger partial charge in [0.05, 0.1) is 0 Å². The molecule has 0 rings (SSSR count). The molecule has 0 aliphatic carbocycles. The van der Waals surface area contributed by atoms with Crippen LogP contribution in [0.5, 0.6) is 0 Å². The van der Waals surface area contributed by atoms with E-state index in [0.29, 0.717) is 19.3 Å². The van der Waals surface area contributed by atoms with Crippen LogP contribution >= 0.6 is 0 Å². The van der Waals surface area contributed by atoms with Gasteiger partial charge in [-0.15, -0.1) is 0 Å². The Morgan fingerprint density at radius 3 is 0.790 bits per heavy atom. The van der Waals surface area contributed by atoms with Gasteiger partial charge in [0.2, 0.25) is 0 Å². The smallest absolute Gasteiger partial charge is 0.306 e. The van der Waals surface area contributed by atoms with E-state index in [1.807, 2.05) is 0 Å². The van der Waals surface area contributed by atoms with Crippen molar-refractivity contribution >= 4 is 17.9 Å². The quantitative estimate of drug-likeness (QED) is 0.0261. The Bertz CT molecular complexity index is 1490. The Hall–Kier alpha value is -3.15. The average molecular weight is 1130 g/mol. The zero-order valence-corrected chi connectivity index (χ0v) is 54.1. The van der Waals surface area contributed by atoms with E-state index in [1.165, 1.54) is 231 Å². The van der Waals surface area contributed by atoms with Crippen molar-refractivity contribution in [1.29, 1.82) is 0 Å². The molecule has 6 heteroatoms. The Balaban J connectivity index is 4.23. The topological polar surface area (TPSA) is 78.9 Å². The normalized spacial score (nSPS) is 12.5. The highest BCUT2D eigenvalue weighted by Crippen LogP contribution is 2.18. The molecule has 0 aromatic carbocycles. The fourth-order valence-corrected chi connectivity index (χ4v) is 10.4. The van der Waals surface area contributed by atoms with Crippen LogP contribution in [-0.2, 0) is 28.6 Å². The number of carbonyl (C=O) groups excluding carboxylic acids is 3. The van der Waals surface area contributed by atoms with Crippen molar-refractivity contribution in [3.63, 3.8) is 0 Å². The first-order chi connectivity index (χ1) is 40.0. The second-order valence-electron chi connectivity index (χ2n) is 23.8. The van der Waals surface area contributed by atoms with Gasteiger partial charge in [-0.25, -0.2) is 0 Å². The fourth-order valence-electron chi connectivity index (χ4n) is 10.4. The molecule has 1 unspecified atom stereocenters. The summed E-state index contributed by atoms with van der Waals surface area (Å²) >= 11 is 0. The third-order valence-corrected chi connectivity index (χ3v) is 15.7. The molecule has 1 atom stereocenters. The van der Waals surface area contributed by atoms with Gasteiger partial charge >= 0.3 is 17.9 Å². The van der Waals surface area contributed by atoms with E-state index in [9.17, 15) is 14.4 Å². The van der Waals surface area contributed by atoms with E-state index in [2.05, 4.69) is 93.7 Å². The monoisotopic (exact) mass is 1130 g/mol. The number of allylic oxidation sites excluding steroid dienone is 12. The Morgan fingerprint density at radius 2 is 0.481 bits per heavy atom. The van der Waals surface area contributed by atoms with Crippen molar-refractivity contribution in [3.05, 3.63) is 72.9 Å². The molecule has 0 saturated heterocycles. The summed E-state index contributed by atoms with van der Waals surface area (Å²) in [5.41, 5.74) is 0. The van der Waals surface area contributed by atoms with Crippen LogP contribution in [0.1, 0.15) is 367 Å². The number of carbonyl (C=O) groups is 3. The Kier molecular flexibility index (Phi) is 66.6. The third kappa shape index (κ3) is 67.5. The molecule has 81 heavy (non-hydrogen) atoms. The molecule has 0 bridgehead atoms.